The van der Waals surface area contributed by atoms with Crippen molar-refractivity contribution in [2.45, 2.75) is 30.7 Å². The third-order valence-electron chi connectivity index (χ3n) is 3.30. The van der Waals surface area contributed by atoms with E-state index in [0.29, 0.717) is 16.6 Å². The number of nitro groups is 1. The molecule has 1 aromatic carbocycles. The van der Waals surface area contributed by atoms with E-state index < -0.39 is 15.7 Å². The van der Waals surface area contributed by atoms with E-state index in [0.717, 1.165) is 19.4 Å². The van der Waals surface area contributed by atoms with Gasteiger partial charge in [-0.3, -0.25) is 14.3 Å². The Morgan fingerprint density at radius 1 is 1.47 bits per heavy atom. The molecular weight excluding hydrogens is 264 g/mol. The smallest absolute Gasteiger partial charge is 0.285 e. The van der Waals surface area contributed by atoms with Crippen molar-refractivity contribution in [2.24, 2.45) is 5.92 Å². The Morgan fingerprint density at radius 2 is 2.16 bits per heavy atom. The lowest BCUT2D eigenvalue weighted by Gasteiger charge is -2.16. The van der Waals surface area contributed by atoms with Gasteiger partial charge in [-0.15, -0.1) is 0 Å². The number of hydrogen-bond acceptors (Lipinski definition) is 4. The molecule has 6 heteroatoms. The zero-order valence-corrected chi connectivity index (χ0v) is 11.7. The normalized spacial score (nSPS) is 17.9. The lowest BCUT2D eigenvalue weighted by molar-refractivity contribution is -0.387. The molecule has 2 unspecified atom stereocenters. The maximum absolute atomic E-state index is 12.4. The first-order valence-electron chi connectivity index (χ1n) is 6.48. The second-order valence-electron chi connectivity index (χ2n) is 4.74. The lowest BCUT2D eigenvalue weighted by atomic mass is 10.2. The SMILES string of the molecule is CCNC(CS(=O)c1ccccc1[N+](=O)[O-])C1CC1. The summed E-state index contributed by atoms with van der Waals surface area (Å²) in [7, 11) is -1.33. The molecule has 104 valence electrons. The van der Waals surface area contributed by atoms with Crippen LogP contribution >= 0.6 is 0 Å². The van der Waals surface area contributed by atoms with E-state index in [1.54, 1.807) is 18.2 Å². The fourth-order valence-corrected chi connectivity index (χ4v) is 3.68. The molecule has 0 spiro atoms. The highest BCUT2D eigenvalue weighted by molar-refractivity contribution is 7.85. The summed E-state index contributed by atoms with van der Waals surface area (Å²) in [5, 5.41) is 14.3. The fraction of sp³-hybridized carbons (Fsp3) is 0.538. The van der Waals surface area contributed by atoms with E-state index in [9.17, 15) is 14.3 Å². The molecule has 1 fully saturated rings. The number of nitro benzene ring substituents is 1. The number of nitrogens with zero attached hydrogens (tertiary/aromatic N) is 1. The van der Waals surface area contributed by atoms with Crippen LogP contribution in [-0.2, 0) is 10.8 Å². The average molecular weight is 282 g/mol. The highest BCUT2D eigenvalue weighted by Gasteiger charge is 2.32. The molecule has 0 radical (unpaired) electrons. The summed E-state index contributed by atoms with van der Waals surface area (Å²) in [5.74, 6) is 1.02. The predicted octanol–water partition coefficient (Wildman–Crippen LogP) is 2.09. The monoisotopic (exact) mass is 282 g/mol. The maximum Gasteiger partial charge on any atom is 0.285 e. The van der Waals surface area contributed by atoms with Crippen LogP contribution in [-0.4, -0.2) is 27.5 Å². The molecular formula is C13H18N2O3S. The standard InChI is InChI=1S/C13H18N2O3S/c1-2-14-11(10-7-8-10)9-19(18)13-6-4-3-5-12(13)15(16)17/h3-6,10-11,14H,2,7-9H2,1H3. The van der Waals surface area contributed by atoms with Gasteiger partial charge >= 0.3 is 0 Å². The van der Waals surface area contributed by atoms with E-state index >= 15 is 0 Å². The van der Waals surface area contributed by atoms with Gasteiger partial charge in [-0.05, 0) is 31.4 Å². The zero-order valence-electron chi connectivity index (χ0n) is 10.9. The van der Waals surface area contributed by atoms with Gasteiger partial charge in [-0.25, -0.2) is 0 Å². The quantitative estimate of drug-likeness (QED) is 0.614. The molecule has 19 heavy (non-hydrogen) atoms. The lowest BCUT2D eigenvalue weighted by Crippen LogP contribution is -2.35. The maximum atomic E-state index is 12.4. The Balaban J connectivity index is 2.12. The molecule has 1 saturated carbocycles. The number of benzene rings is 1. The number of hydrogen-bond donors (Lipinski definition) is 1. The van der Waals surface area contributed by atoms with Crippen molar-refractivity contribution in [1.29, 1.82) is 0 Å². The van der Waals surface area contributed by atoms with Crippen LogP contribution < -0.4 is 5.32 Å². The summed E-state index contributed by atoms with van der Waals surface area (Å²) in [6, 6.07) is 6.49. The molecule has 1 aromatic rings. The minimum absolute atomic E-state index is 0.0492. The molecule has 1 aliphatic rings. The van der Waals surface area contributed by atoms with E-state index in [1.165, 1.54) is 6.07 Å². The van der Waals surface area contributed by atoms with E-state index in [-0.39, 0.29) is 11.7 Å². The van der Waals surface area contributed by atoms with Gasteiger partial charge in [0.2, 0.25) is 0 Å². The molecule has 0 aliphatic heterocycles. The van der Waals surface area contributed by atoms with Crippen molar-refractivity contribution in [3.8, 4) is 0 Å². The Hall–Kier alpha value is -1.27. The molecule has 0 bridgehead atoms. The second-order valence-corrected chi connectivity index (χ2v) is 6.20. The third kappa shape index (κ3) is 3.61. The van der Waals surface area contributed by atoms with Gasteiger partial charge in [0.05, 0.1) is 15.7 Å². The first-order chi connectivity index (χ1) is 9.13. The summed E-state index contributed by atoms with van der Waals surface area (Å²) < 4.78 is 12.4. The largest absolute Gasteiger partial charge is 0.313 e. The summed E-state index contributed by atoms with van der Waals surface area (Å²) in [6.45, 7) is 2.85. The van der Waals surface area contributed by atoms with Gasteiger partial charge in [0.1, 0.15) is 4.90 Å². The third-order valence-corrected chi connectivity index (χ3v) is 4.79. The molecule has 0 heterocycles. The van der Waals surface area contributed by atoms with Crippen molar-refractivity contribution in [1.82, 2.24) is 5.32 Å². The van der Waals surface area contributed by atoms with Gasteiger partial charge < -0.3 is 5.32 Å². The highest BCUT2D eigenvalue weighted by atomic mass is 32.2. The highest BCUT2D eigenvalue weighted by Crippen LogP contribution is 2.34. The minimum Gasteiger partial charge on any atom is -0.313 e. The van der Waals surface area contributed by atoms with Crippen molar-refractivity contribution in [3.05, 3.63) is 34.4 Å². The van der Waals surface area contributed by atoms with Crippen LogP contribution in [0.2, 0.25) is 0 Å². The second kappa shape index (κ2) is 6.25. The van der Waals surface area contributed by atoms with Crippen molar-refractivity contribution in [2.75, 3.05) is 12.3 Å². The Bertz CT molecular complexity index is 489. The first-order valence-corrected chi connectivity index (χ1v) is 7.80. The molecule has 5 nitrogen and oxygen atoms in total. The Kier molecular flexibility index (Phi) is 4.66. The van der Waals surface area contributed by atoms with Crippen LogP contribution in [0, 0.1) is 16.0 Å². The molecule has 0 amide bonds. The number of rotatable bonds is 7. The van der Waals surface area contributed by atoms with Crippen molar-refractivity contribution in [3.63, 3.8) is 0 Å². The van der Waals surface area contributed by atoms with Crippen LogP contribution in [0.1, 0.15) is 19.8 Å². The van der Waals surface area contributed by atoms with Gasteiger partial charge in [0.15, 0.2) is 0 Å². The van der Waals surface area contributed by atoms with Gasteiger partial charge in [-0.2, -0.15) is 0 Å². The van der Waals surface area contributed by atoms with Gasteiger partial charge in [0, 0.05) is 17.9 Å². The summed E-state index contributed by atoms with van der Waals surface area (Å²) in [4.78, 5) is 10.8. The molecule has 1 aliphatic carbocycles. The summed E-state index contributed by atoms with van der Waals surface area (Å²) >= 11 is 0. The molecule has 0 saturated heterocycles. The van der Waals surface area contributed by atoms with Crippen LogP contribution in [0.5, 0.6) is 0 Å². The molecule has 2 atom stereocenters. The van der Waals surface area contributed by atoms with Crippen LogP contribution in [0.4, 0.5) is 5.69 Å². The molecule has 0 aromatic heterocycles. The summed E-state index contributed by atoms with van der Waals surface area (Å²) in [5.41, 5.74) is -0.0492. The van der Waals surface area contributed by atoms with Crippen molar-refractivity contribution >= 4 is 16.5 Å². The molecule has 1 N–H and O–H groups in total. The first kappa shape index (κ1) is 14.1. The molecule has 2 rings (SSSR count). The van der Waals surface area contributed by atoms with E-state index in [1.807, 2.05) is 6.92 Å². The predicted molar refractivity (Wildman–Crippen MR) is 74.6 cm³/mol. The minimum atomic E-state index is -1.33. The van der Waals surface area contributed by atoms with Crippen molar-refractivity contribution < 1.29 is 9.13 Å². The zero-order chi connectivity index (χ0) is 13.8. The average Bonchev–Trinajstić information content (AvgIpc) is 3.22. The topological polar surface area (TPSA) is 72.2 Å². The Labute approximate surface area is 115 Å². The number of nitrogens with one attached hydrogen (secondary N) is 1. The fourth-order valence-electron chi connectivity index (χ4n) is 2.18. The van der Waals surface area contributed by atoms with Crippen LogP contribution in [0.3, 0.4) is 0 Å². The van der Waals surface area contributed by atoms with Gasteiger partial charge in [0.25, 0.3) is 5.69 Å². The summed E-state index contributed by atoms with van der Waals surface area (Å²) in [6.07, 6.45) is 2.32. The van der Waals surface area contributed by atoms with Crippen LogP contribution in [0.15, 0.2) is 29.2 Å². The number of para-hydroxylation sites is 1. The Morgan fingerprint density at radius 3 is 2.74 bits per heavy atom. The van der Waals surface area contributed by atoms with Gasteiger partial charge in [-0.1, -0.05) is 19.1 Å². The van der Waals surface area contributed by atoms with E-state index in [4.69, 9.17) is 0 Å². The van der Waals surface area contributed by atoms with Crippen LogP contribution in [0.25, 0.3) is 0 Å². The van der Waals surface area contributed by atoms with E-state index in [2.05, 4.69) is 5.32 Å².